The molecule has 0 amide bonds. The van der Waals surface area contributed by atoms with E-state index in [1.807, 2.05) is 19.1 Å². The summed E-state index contributed by atoms with van der Waals surface area (Å²) in [7, 11) is 0. The summed E-state index contributed by atoms with van der Waals surface area (Å²) < 4.78 is 23.9. The van der Waals surface area contributed by atoms with Crippen molar-refractivity contribution in [3.8, 4) is 0 Å². The van der Waals surface area contributed by atoms with Gasteiger partial charge in [-0.3, -0.25) is 0 Å². The molecule has 0 saturated heterocycles. The van der Waals surface area contributed by atoms with Crippen molar-refractivity contribution in [2.75, 3.05) is 0 Å². The van der Waals surface area contributed by atoms with Gasteiger partial charge in [0, 0.05) is 21.5 Å². The van der Waals surface area contributed by atoms with Gasteiger partial charge in [-0.2, -0.15) is 0 Å². The number of carbonyl (C=O) groups is 1. The molecule has 6 heteroatoms. The first kappa shape index (κ1) is 17.4. The summed E-state index contributed by atoms with van der Waals surface area (Å²) in [5, 5.41) is 0.711. The Morgan fingerprint density at radius 1 is 1.20 bits per heavy atom. The minimum absolute atomic E-state index is 0.0871. The van der Waals surface area contributed by atoms with Gasteiger partial charge in [-0.15, -0.1) is 0 Å². The number of ether oxygens (including phenoxy) is 1. The van der Waals surface area contributed by atoms with Crippen molar-refractivity contribution in [3.63, 3.8) is 0 Å². The van der Waals surface area contributed by atoms with E-state index in [-0.39, 0.29) is 12.2 Å². The highest BCUT2D eigenvalue weighted by Crippen LogP contribution is 2.22. The van der Waals surface area contributed by atoms with E-state index in [2.05, 4.69) is 15.9 Å². The zero-order valence-corrected chi connectivity index (χ0v) is 14.9. The van der Waals surface area contributed by atoms with E-state index >= 15 is 0 Å². The monoisotopic (exact) mass is 404 g/mol. The van der Waals surface area contributed by atoms with Crippen LogP contribution in [-0.2, 0) is 17.8 Å². The van der Waals surface area contributed by atoms with Crippen LogP contribution >= 0.6 is 15.9 Å². The van der Waals surface area contributed by atoms with E-state index in [0.29, 0.717) is 21.0 Å². The molecule has 0 radical (unpaired) electrons. The maximum atomic E-state index is 13.1. The zero-order valence-electron chi connectivity index (χ0n) is 13.3. The first-order valence-corrected chi connectivity index (χ1v) is 8.45. The van der Waals surface area contributed by atoms with Gasteiger partial charge in [0.25, 0.3) is 0 Å². The molecular formula is C19H14BrFO4. The Hall–Kier alpha value is -2.47. The van der Waals surface area contributed by atoms with Gasteiger partial charge < -0.3 is 9.15 Å². The van der Waals surface area contributed by atoms with Crippen molar-refractivity contribution in [3.05, 3.63) is 79.9 Å². The van der Waals surface area contributed by atoms with Crippen LogP contribution in [0.5, 0.6) is 0 Å². The van der Waals surface area contributed by atoms with Crippen molar-refractivity contribution >= 4 is 32.9 Å². The average Bonchev–Trinajstić information content (AvgIpc) is 2.58. The number of hydrogen-bond acceptors (Lipinski definition) is 4. The fourth-order valence-electron chi connectivity index (χ4n) is 2.49. The molecule has 3 rings (SSSR count). The van der Waals surface area contributed by atoms with Crippen molar-refractivity contribution < 1.29 is 18.3 Å². The third-order valence-electron chi connectivity index (χ3n) is 3.81. The van der Waals surface area contributed by atoms with Crippen LogP contribution < -0.4 is 5.63 Å². The number of carbonyl (C=O) groups excluding carboxylic acids is 1. The molecule has 0 unspecified atom stereocenters. The molecular weight excluding hydrogens is 391 g/mol. The molecule has 25 heavy (non-hydrogen) atoms. The molecule has 0 N–H and O–H groups in total. The standard InChI is InChI=1S/C19H14BrFO4/c1-2-11-3-5-14-12(8-18(22)25-17(14)7-11)10-24-19(23)15-6-4-13(21)9-16(15)20/h3-9H,2,10H2,1H3. The molecule has 0 fully saturated rings. The lowest BCUT2D eigenvalue weighted by Crippen LogP contribution is -2.08. The van der Waals surface area contributed by atoms with Gasteiger partial charge in [0.15, 0.2) is 0 Å². The third-order valence-corrected chi connectivity index (χ3v) is 4.47. The van der Waals surface area contributed by atoms with Crippen LogP contribution in [0.4, 0.5) is 4.39 Å². The van der Waals surface area contributed by atoms with Gasteiger partial charge in [0.05, 0.1) is 5.56 Å². The fourth-order valence-corrected chi connectivity index (χ4v) is 3.00. The molecule has 0 aliphatic rings. The van der Waals surface area contributed by atoms with Crippen LogP contribution in [0, 0.1) is 5.82 Å². The SMILES string of the molecule is CCc1ccc2c(COC(=O)c3ccc(F)cc3Br)cc(=O)oc2c1. The zero-order chi connectivity index (χ0) is 18.0. The number of hydrogen-bond donors (Lipinski definition) is 0. The highest BCUT2D eigenvalue weighted by Gasteiger charge is 2.14. The fraction of sp³-hybridized carbons (Fsp3) is 0.158. The Morgan fingerprint density at radius 3 is 2.72 bits per heavy atom. The molecule has 3 aromatic rings. The number of aryl methyl sites for hydroxylation is 1. The van der Waals surface area contributed by atoms with Crippen LogP contribution in [0.25, 0.3) is 11.0 Å². The molecule has 0 aliphatic heterocycles. The van der Waals surface area contributed by atoms with E-state index in [4.69, 9.17) is 9.15 Å². The quantitative estimate of drug-likeness (QED) is 0.470. The number of halogens is 2. The Balaban J connectivity index is 1.88. The van der Waals surface area contributed by atoms with Crippen molar-refractivity contribution in [1.82, 2.24) is 0 Å². The van der Waals surface area contributed by atoms with Gasteiger partial charge in [-0.25, -0.2) is 14.0 Å². The van der Waals surface area contributed by atoms with Crippen LogP contribution in [0.1, 0.15) is 28.4 Å². The summed E-state index contributed by atoms with van der Waals surface area (Å²) in [6, 6.07) is 10.6. The average molecular weight is 405 g/mol. The summed E-state index contributed by atoms with van der Waals surface area (Å²) in [6.07, 6.45) is 0.817. The molecule has 0 atom stereocenters. The topological polar surface area (TPSA) is 56.5 Å². The molecule has 4 nitrogen and oxygen atoms in total. The normalized spacial score (nSPS) is 10.8. The minimum Gasteiger partial charge on any atom is -0.457 e. The van der Waals surface area contributed by atoms with Crippen LogP contribution in [-0.4, -0.2) is 5.97 Å². The van der Waals surface area contributed by atoms with Crippen LogP contribution in [0.3, 0.4) is 0 Å². The second-order valence-corrected chi connectivity index (χ2v) is 6.33. The number of benzene rings is 2. The summed E-state index contributed by atoms with van der Waals surface area (Å²) in [5.74, 6) is -1.07. The molecule has 2 aromatic carbocycles. The second-order valence-electron chi connectivity index (χ2n) is 5.48. The highest BCUT2D eigenvalue weighted by molar-refractivity contribution is 9.10. The number of fused-ring (bicyclic) bond motifs is 1. The first-order chi connectivity index (χ1) is 12.0. The first-order valence-electron chi connectivity index (χ1n) is 7.65. The van der Waals surface area contributed by atoms with Gasteiger partial charge in [-0.05, 0) is 52.2 Å². The lowest BCUT2D eigenvalue weighted by Gasteiger charge is -2.09. The smallest absolute Gasteiger partial charge is 0.339 e. The Morgan fingerprint density at radius 2 is 2.00 bits per heavy atom. The van der Waals surface area contributed by atoms with Gasteiger partial charge in [-0.1, -0.05) is 19.1 Å². The maximum Gasteiger partial charge on any atom is 0.339 e. The van der Waals surface area contributed by atoms with Crippen molar-refractivity contribution in [2.24, 2.45) is 0 Å². The summed E-state index contributed by atoms with van der Waals surface area (Å²) in [4.78, 5) is 23.9. The van der Waals surface area contributed by atoms with Crippen LogP contribution in [0.2, 0.25) is 0 Å². The molecule has 0 bridgehead atoms. The second kappa shape index (κ2) is 7.19. The van der Waals surface area contributed by atoms with Gasteiger partial charge in [0.2, 0.25) is 0 Å². The van der Waals surface area contributed by atoms with E-state index in [1.165, 1.54) is 24.3 Å². The largest absolute Gasteiger partial charge is 0.457 e. The number of esters is 1. The highest BCUT2D eigenvalue weighted by atomic mass is 79.9. The van der Waals surface area contributed by atoms with Gasteiger partial charge in [0.1, 0.15) is 18.0 Å². The summed E-state index contributed by atoms with van der Waals surface area (Å²) in [5.41, 5.74) is 1.76. The Kier molecular flexibility index (Phi) is 4.99. The Labute approximate surface area is 151 Å². The van der Waals surface area contributed by atoms with Crippen LogP contribution in [0.15, 0.2) is 56.1 Å². The van der Waals surface area contributed by atoms with E-state index < -0.39 is 17.4 Å². The molecule has 0 aliphatic carbocycles. The third kappa shape index (κ3) is 3.79. The lowest BCUT2D eigenvalue weighted by atomic mass is 10.1. The molecule has 1 aromatic heterocycles. The summed E-state index contributed by atoms with van der Waals surface area (Å²) in [6.45, 7) is 1.92. The van der Waals surface area contributed by atoms with E-state index in [1.54, 1.807) is 6.07 Å². The summed E-state index contributed by atoms with van der Waals surface area (Å²) >= 11 is 3.14. The lowest BCUT2D eigenvalue weighted by molar-refractivity contribution is 0.0472. The van der Waals surface area contributed by atoms with E-state index in [0.717, 1.165) is 12.0 Å². The van der Waals surface area contributed by atoms with Crippen molar-refractivity contribution in [2.45, 2.75) is 20.0 Å². The van der Waals surface area contributed by atoms with Crippen molar-refractivity contribution in [1.29, 1.82) is 0 Å². The molecule has 0 saturated carbocycles. The maximum absolute atomic E-state index is 13.1. The predicted octanol–water partition coefficient (Wildman–Crippen LogP) is 4.61. The molecule has 0 spiro atoms. The predicted molar refractivity (Wildman–Crippen MR) is 95.1 cm³/mol. The molecule has 128 valence electrons. The Bertz CT molecular complexity index is 1010. The molecule has 1 heterocycles. The van der Waals surface area contributed by atoms with Gasteiger partial charge >= 0.3 is 11.6 Å². The number of rotatable bonds is 4. The van der Waals surface area contributed by atoms with E-state index in [9.17, 15) is 14.0 Å². The minimum atomic E-state index is -0.613.